The summed E-state index contributed by atoms with van der Waals surface area (Å²) < 4.78 is 0. The minimum atomic E-state index is 0.0296. The molecule has 1 aliphatic rings. The van der Waals surface area contributed by atoms with Crippen LogP contribution in [0.4, 0.5) is 5.69 Å². The molecule has 0 saturated carbocycles. The summed E-state index contributed by atoms with van der Waals surface area (Å²) in [6, 6.07) is 5.76. The number of hydrogen-bond donors (Lipinski definition) is 2. The van der Waals surface area contributed by atoms with E-state index in [1.165, 1.54) is 11.5 Å². The molecule has 1 amide bonds. The van der Waals surface area contributed by atoms with Gasteiger partial charge in [0.1, 0.15) is 0 Å². The van der Waals surface area contributed by atoms with Crippen molar-refractivity contribution in [2.75, 3.05) is 36.2 Å². The van der Waals surface area contributed by atoms with Crippen molar-refractivity contribution < 1.29 is 4.79 Å². The Balaban J connectivity index is 1.90. The summed E-state index contributed by atoms with van der Waals surface area (Å²) >= 11 is 3.94. The maximum Gasteiger partial charge on any atom is 0.251 e. The molecule has 1 atom stereocenters. The monoisotopic (exact) mass is 296 g/mol. The van der Waals surface area contributed by atoms with Gasteiger partial charge in [0.15, 0.2) is 0 Å². The maximum absolute atomic E-state index is 12.1. The lowest BCUT2D eigenvalue weighted by atomic mass is 10.1. The molecule has 5 heteroatoms. The van der Waals surface area contributed by atoms with Crippen molar-refractivity contribution in [2.45, 2.75) is 12.2 Å². The molecule has 2 N–H and O–H groups in total. The Hall–Kier alpha value is -0.810. The average molecular weight is 296 g/mol. The molecule has 0 bridgehead atoms. The Kier molecular flexibility index (Phi) is 5.45. The summed E-state index contributed by atoms with van der Waals surface area (Å²) in [7, 11) is 1.89. The summed E-state index contributed by atoms with van der Waals surface area (Å²) in [6.45, 7) is 2.78. The minimum absolute atomic E-state index is 0.0296. The first-order chi connectivity index (χ1) is 9.20. The molecule has 1 aliphatic heterocycles. The lowest BCUT2D eigenvalue weighted by molar-refractivity contribution is 0.0954. The second-order valence-electron chi connectivity index (χ2n) is 4.56. The molecule has 1 fully saturated rings. The second-order valence-corrected chi connectivity index (χ2v) is 7.12. The Bertz CT molecular complexity index is 445. The van der Waals surface area contributed by atoms with Crippen LogP contribution in [-0.4, -0.2) is 42.0 Å². The highest BCUT2D eigenvalue weighted by Crippen LogP contribution is 2.23. The fourth-order valence-corrected chi connectivity index (χ4v) is 4.66. The highest BCUT2D eigenvalue weighted by molar-refractivity contribution is 8.06. The first-order valence-electron chi connectivity index (χ1n) is 6.46. The van der Waals surface area contributed by atoms with Crippen molar-refractivity contribution in [2.24, 2.45) is 0 Å². The lowest BCUT2D eigenvalue weighted by Crippen LogP contribution is -2.33. The number of anilines is 1. The summed E-state index contributed by atoms with van der Waals surface area (Å²) in [5, 5.41) is 6.70. The molecule has 0 aliphatic carbocycles. The van der Waals surface area contributed by atoms with E-state index in [0.717, 1.165) is 29.1 Å². The van der Waals surface area contributed by atoms with Gasteiger partial charge >= 0.3 is 0 Å². The van der Waals surface area contributed by atoms with Gasteiger partial charge in [-0.15, -0.1) is 0 Å². The summed E-state index contributed by atoms with van der Waals surface area (Å²) in [5.74, 6) is 3.60. The van der Waals surface area contributed by atoms with Crippen LogP contribution in [-0.2, 0) is 0 Å². The van der Waals surface area contributed by atoms with Gasteiger partial charge in [-0.25, -0.2) is 0 Å². The van der Waals surface area contributed by atoms with Crippen LogP contribution < -0.4 is 10.6 Å². The third-order valence-corrected chi connectivity index (χ3v) is 5.98. The maximum atomic E-state index is 12.1. The van der Waals surface area contributed by atoms with Gasteiger partial charge in [-0.2, -0.15) is 23.5 Å². The SMILES string of the molecule is CNc1ccc(C(=O)NCC2CSCCS2)cc1C. The third kappa shape index (κ3) is 4.08. The van der Waals surface area contributed by atoms with Gasteiger partial charge in [-0.3, -0.25) is 4.79 Å². The van der Waals surface area contributed by atoms with Gasteiger partial charge in [0.2, 0.25) is 0 Å². The minimum Gasteiger partial charge on any atom is -0.388 e. The quantitative estimate of drug-likeness (QED) is 0.896. The van der Waals surface area contributed by atoms with E-state index in [2.05, 4.69) is 10.6 Å². The first kappa shape index (κ1) is 14.6. The number of thioether (sulfide) groups is 2. The summed E-state index contributed by atoms with van der Waals surface area (Å²) in [4.78, 5) is 12.1. The van der Waals surface area contributed by atoms with Crippen molar-refractivity contribution in [3.05, 3.63) is 29.3 Å². The van der Waals surface area contributed by atoms with Gasteiger partial charge in [0.25, 0.3) is 5.91 Å². The van der Waals surface area contributed by atoms with E-state index in [1.54, 1.807) is 0 Å². The molecule has 0 spiro atoms. The molecular formula is C14H20N2OS2. The summed E-state index contributed by atoms with van der Waals surface area (Å²) in [5.41, 5.74) is 2.90. The average Bonchev–Trinajstić information content (AvgIpc) is 2.45. The second kappa shape index (κ2) is 7.10. The number of rotatable bonds is 4. The largest absolute Gasteiger partial charge is 0.388 e. The molecule has 1 saturated heterocycles. The molecule has 1 unspecified atom stereocenters. The summed E-state index contributed by atoms with van der Waals surface area (Å²) in [6.07, 6.45) is 0. The highest BCUT2D eigenvalue weighted by Gasteiger charge is 2.15. The van der Waals surface area contributed by atoms with Crippen LogP contribution >= 0.6 is 23.5 Å². The third-order valence-electron chi connectivity index (χ3n) is 3.13. The zero-order valence-corrected chi connectivity index (χ0v) is 13.0. The first-order valence-corrected chi connectivity index (χ1v) is 8.67. The van der Waals surface area contributed by atoms with Gasteiger partial charge < -0.3 is 10.6 Å². The topological polar surface area (TPSA) is 41.1 Å². The van der Waals surface area contributed by atoms with E-state index >= 15 is 0 Å². The predicted octanol–water partition coefficient (Wildman–Crippen LogP) is 2.62. The number of aryl methyl sites for hydroxylation is 1. The molecule has 0 radical (unpaired) electrons. The number of carbonyl (C=O) groups excluding carboxylic acids is 1. The van der Waals surface area contributed by atoms with Crippen LogP contribution in [0.2, 0.25) is 0 Å². The predicted molar refractivity (Wildman–Crippen MR) is 86.6 cm³/mol. The number of hydrogen-bond acceptors (Lipinski definition) is 4. The molecular weight excluding hydrogens is 276 g/mol. The molecule has 2 rings (SSSR count). The van der Waals surface area contributed by atoms with E-state index in [0.29, 0.717) is 5.25 Å². The van der Waals surface area contributed by atoms with Gasteiger partial charge in [-0.05, 0) is 30.7 Å². The molecule has 1 aromatic rings. The van der Waals surface area contributed by atoms with Crippen molar-refractivity contribution in [1.82, 2.24) is 5.32 Å². The fourth-order valence-electron chi connectivity index (χ4n) is 2.05. The smallest absolute Gasteiger partial charge is 0.251 e. The van der Waals surface area contributed by atoms with Gasteiger partial charge in [0, 0.05) is 47.4 Å². The molecule has 0 aromatic heterocycles. The Morgan fingerprint density at radius 1 is 1.42 bits per heavy atom. The highest BCUT2D eigenvalue weighted by atomic mass is 32.2. The molecule has 1 aromatic carbocycles. The van der Waals surface area contributed by atoms with Crippen molar-refractivity contribution in [3.8, 4) is 0 Å². The van der Waals surface area contributed by atoms with Crippen molar-refractivity contribution >= 4 is 35.1 Å². The fraction of sp³-hybridized carbons (Fsp3) is 0.500. The zero-order chi connectivity index (χ0) is 13.7. The Morgan fingerprint density at radius 2 is 2.26 bits per heavy atom. The van der Waals surface area contributed by atoms with E-state index < -0.39 is 0 Å². The van der Waals surface area contributed by atoms with Gasteiger partial charge in [-0.1, -0.05) is 0 Å². The molecule has 19 heavy (non-hydrogen) atoms. The van der Waals surface area contributed by atoms with Crippen LogP contribution in [0.25, 0.3) is 0 Å². The lowest BCUT2D eigenvalue weighted by Gasteiger charge is -2.21. The standard InChI is InChI=1S/C14H20N2OS2/c1-10-7-11(3-4-13(10)15-2)14(17)16-8-12-9-18-5-6-19-12/h3-4,7,12,15H,5-6,8-9H2,1-2H3,(H,16,17). The van der Waals surface area contributed by atoms with Crippen molar-refractivity contribution in [1.29, 1.82) is 0 Å². The molecule has 104 valence electrons. The van der Waals surface area contributed by atoms with E-state index in [1.807, 2.05) is 55.7 Å². The van der Waals surface area contributed by atoms with Crippen LogP contribution in [0.1, 0.15) is 15.9 Å². The Morgan fingerprint density at radius 3 is 2.89 bits per heavy atom. The van der Waals surface area contributed by atoms with E-state index in [9.17, 15) is 4.79 Å². The Labute approximate surface area is 123 Å². The van der Waals surface area contributed by atoms with E-state index in [-0.39, 0.29) is 5.91 Å². The molecule has 1 heterocycles. The van der Waals surface area contributed by atoms with Crippen LogP contribution in [0.15, 0.2) is 18.2 Å². The van der Waals surface area contributed by atoms with Crippen LogP contribution in [0.5, 0.6) is 0 Å². The van der Waals surface area contributed by atoms with Crippen molar-refractivity contribution in [3.63, 3.8) is 0 Å². The number of benzene rings is 1. The van der Waals surface area contributed by atoms with Crippen LogP contribution in [0, 0.1) is 6.92 Å². The van der Waals surface area contributed by atoms with Crippen LogP contribution in [0.3, 0.4) is 0 Å². The zero-order valence-electron chi connectivity index (χ0n) is 11.4. The van der Waals surface area contributed by atoms with E-state index in [4.69, 9.17) is 0 Å². The normalized spacial score (nSPS) is 18.9. The number of carbonyl (C=O) groups is 1. The molecule has 3 nitrogen and oxygen atoms in total. The number of amides is 1. The number of nitrogens with one attached hydrogen (secondary N) is 2. The van der Waals surface area contributed by atoms with Gasteiger partial charge in [0.05, 0.1) is 0 Å².